The minimum Gasteiger partial charge on any atom is -0.307 e. The maximum atomic E-state index is 9.03. The smallest absolute Gasteiger partial charge is 0.150 e. The number of fused-ring (bicyclic) bond motifs is 2. The predicted octanol–water partition coefficient (Wildman–Crippen LogP) is 1.82. The second kappa shape index (κ2) is 2.73. The first-order chi connectivity index (χ1) is 6.14. The Bertz CT molecular complexity index is 294. The number of hydrogen-bond acceptors (Lipinski definition) is 2. The van der Waals surface area contributed by atoms with Crippen LogP contribution in [0.15, 0.2) is 12.2 Å². The average molecular weight is 197 g/mol. The lowest BCUT2D eigenvalue weighted by Gasteiger charge is -2.48. The molecule has 0 aromatic heterocycles. The predicted molar refractivity (Wildman–Crippen MR) is 52.5 cm³/mol. The molecule has 3 rings (SSSR count). The van der Waals surface area contributed by atoms with Gasteiger partial charge in [-0.2, -0.15) is 5.26 Å². The molecule has 0 aromatic carbocycles. The fourth-order valence-corrected chi connectivity index (χ4v) is 2.69. The van der Waals surface area contributed by atoms with Crippen molar-refractivity contribution in [2.45, 2.75) is 30.7 Å². The van der Waals surface area contributed by atoms with Gasteiger partial charge >= 0.3 is 0 Å². The van der Waals surface area contributed by atoms with Crippen molar-refractivity contribution in [1.82, 2.24) is 5.32 Å². The average Bonchev–Trinajstić information content (AvgIpc) is 2.19. The fraction of sp³-hybridized carbons (Fsp3) is 0.700. The molecule has 0 aromatic rings. The lowest BCUT2D eigenvalue weighted by Crippen LogP contribution is -2.59. The molecule has 0 saturated carbocycles. The van der Waals surface area contributed by atoms with E-state index in [9.17, 15) is 0 Å². The lowest BCUT2D eigenvalue weighted by molar-refractivity contribution is 0.200. The molecular formula is C10H13ClN2. The van der Waals surface area contributed by atoms with Gasteiger partial charge in [0.25, 0.3) is 0 Å². The summed E-state index contributed by atoms with van der Waals surface area (Å²) in [5, 5.41) is 12.3. The van der Waals surface area contributed by atoms with Crippen molar-refractivity contribution in [2.75, 3.05) is 6.54 Å². The molecule has 0 amide bonds. The van der Waals surface area contributed by atoms with E-state index in [0.29, 0.717) is 0 Å². The second-order valence-corrected chi connectivity index (χ2v) is 4.76. The van der Waals surface area contributed by atoms with E-state index in [4.69, 9.17) is 16.9 Å². The molecule has 1 N–H and O–H groups in total. The number of hydrogen-bond donors (Lipinski definition) is 1. The van der Waals surface area contributed by atoms with Crippen molar-refractivity contribution in [1.29, 1.82) is 5.26 Å². The van der Waals surface area contributed by atoms with Gasteiger partial charge < -0.3 is 5.32 Å². The van der Waals surface area contributed by atoms with Gasteiger partial charge in [0.05, 0.1) is 12.1 Å². The third kappa shape index (κ3) is 1.19. The summed E-state index contributed by atoms with van der Waals surface area (Å²) in [6.45, 7) is 3.10. The minimum absolute atomic E-state index is 0.0348. The van der Waals surface area contributed by atoms with Gasteiger partial charge in [-0.15, -0.1) is 11.6 Å². The van der Waals surface area contributed by atoms with E-state index in [0.717, 1.165) is 19.4 Å². The highest BCUT2D eigenvalue weighted by atomic mass is 35.5. The monoisotopic (exact) mass is 196 g/mol. The first-order valence-electron chi connectivity index (χ1n) is 4.67. The minimum atomic E-state index is -0.719. The first kappa shape index (κ1) is 9.05. The Hall–Kier alpha value is -0.520. The molecule has 2 bridgehead atoms. The SMILES string of the molecule is CCC12C=CC(NC1)C(Cl)(C#N)C2. The molecule has 70 valence electrons. The van der Waals surface area contributed by atoms with Gasteiger partial charge in [-0.05, 0) is 12.8 Å². The van der Waals surface area contributed by atoms with E-state index < -0.39 is 4.87 Å². The van der Waals surface area contributed by atoms with E-state index in [2.05, 4.69) is 24.4 Å². The highest BCUT2D eigenvalue weighted by molar-refractivity contribution is 6.26. The molecular weight excluding hydrogens is 184 g/mol. The van der Waals surface area contributed by atoms with Gasteiger partial charge in [0.1, 0.15) is 0 Å². The van der Waals surface area contributed by atoms with E-state index in [1.54, 1.807) is 0 Å². The Balaban J connectivity index is 2.36. The van der Waals surface area contributed by atoms with Crippen molar-refractivity contribution >= 4 is 11.6 Å². The van der Waals surface area contributed by atoms with Crippen LogP contribution < -0.4 is 5.32 Å². The third-order valence-electron chi connectivity index (χ3n) is 3.31. The molecule has 3 heteroatoms. The Kier molecular flexibility index (Phi) is 1.90. The first-order valence-corrected chi connectivity index (χ1v) is 5.05. The molecule has 3 atom stereocenters. The van der Waals surface area contributed by atoms with Gasteiger partial charge in [0.15, 0.2) is 4.87 Å². The van der Waals surface area contributed by atoms with Gasteiger partial charge in [0, 0.05) is 12.0 Å². The van der Waals surface area contributed by atoms with Crippen LogP contribution in [0.4, 0.5) is 0 Å². The highest BCUT2D eigenvalue weighted by Crippen LogP contribution is 2.46. The Morgan fingerprint density at radius 1 is 1.77 bits per heavy atom. The van der Waals surface area contributed by atoms with Crippen LogP contribution >= 0.6 is 11.6 Å². The van der Waals surface area contributed by atoms with Crippen molar-refractivity contribution in [3.8, 4) is 6.07 Å². The van der Waals surface area contributed by atoms with Gasteiger partial charge in [0.2, 0.25) is 0 Å². The van der Waals surface area contributed by atoms with Crippen LogP contribution in [0.2, 0.25) is 0 Å². The van der Waals surface area contributed by atoms with Crippen LogP contribution in [0.3, 0.4) is 0 Å². The zero-order valence-corrected chi connectivity index (χ0v) is 8.43. The third-order valence-corrected chi connectivity index (χ3v) is 3.76. The number of nitriles is 1. The molecule has 3 aliphatic rings. The molecule has 0 radical (unpaired) electrons. The van der Waals surface area contributed by atoms with Crippen molar-refractivity contribution in [2.24, 2.45) is 5.41 Å². The maximum Gasteiger partial charge on any atom is 0.150 e. The number of rotatable bonds is 1. The van der Waals surface area contributed by atoms with Crippen LogP contribution in [0.25, 0.3) is 0 Å². The molecule has 2 nitrogen and oxygen atoms in total. The number of nitrogens with one attached hydrogen (secondary N) is 1. The summed E-state index contributed by atoms with van der Waals surface area (Å²) < 4.78 is 0. The second-order valence-electron chi connectivity index (χ2n) is 4.08. The van der Waals surface area contributed by atoms with Gasteiger partial charge in [-0.25, -0.2) is 0 Å². The normalized spacial score (nSPS) is 47.6. The summed E-state index contributed by atoms with van der Waals surface area (Å²) in [7, 11) is 0. The van der Waals surface area contributed by atoms with Gasteiger partial charge in [-0.3, -0.25) is 0 Å². The lowest BCUT2D eigenvalue weighted by atomic mass is 9.67. The zero-order valence-electron chi connectivity index (χ0n) is 7.68. The Morgan fingerprint density at radius 3 is 3.00 bits per heavy atom. The van der Waals surface area contributed by atoms with Crippen LogP contribution in [0.5, 0.6) is 0 Å². The molecule has 3 unspecified atom stereocenters. The van der Waals surface area contributed by atoms with Crippen molar-refractivity contribution < 1.29 is 0 Å². The topological polar surface area (TPSA) is 35.8 Å². The van der Waals surface area contributed by atoms with Crippen molar-refractivity contribution in [3.63, 3.8) is 0 Å². The molecule has 13 heavy (non-hydrogen) atoms. The number of nitrogens with zero attached hydrogens (tertiary/aromatic N) is 1. The summed E-state index contributed by atoms with van der Waals surface area (Å²) in [6, 6.07) is 2.26. The molecule has 2 aliphatic heterocycles. The largest absolute Gasteiger partial charge is 0.307 e. The number of alkyl halides is 1. The van der Waals surface area contributed by atoms with Crippen LogP contribution in [0.1, 0.15) is 19.8 Å². The molecule has 1 saturated heterocycles. The van der Waals surface area contributed by atoms with Crippen LogP contribution in [-0.2, 0) is 0 Å². The summed E-state index contributed by atoms with van der Waals surface area (Å²) in [5.41, 5.74) is 0.117. The summed E-state index contributed by atoms with van der Waals surface area (Å²) >= 11 is 6.25. The maximum absolute atomic E-state index is 9.03. The molecule has 1 fully saturated rings. The Labute approximate surface area is 83.6 Å². The summed E-state index contributed by atoms with van der Waals surface area (Å²) in [6.07, 6.45) is 6.10. The summed E-state index contributed by atoms with van der Waals surface area (Å²) in [5.74, 6) is 0. The van der Waals surface area contributed by atoms with Gasteiger partial charge in [-0.1, -0.05) is 19.1 Å². The van der Waals surface area contributed by atoms with Crippen molar-refractivity contribution in [3.05, 3.63) is 12.2 Å². The summed E-state index contributed by atoms with van der Waals surface area (Å²) in [4.78, 5) is -0.719. The molecule has 1 aliphatic carbocycles. The van der Waals surface area contributed by atoms with Crippen LogP contribution in [0, 0.1) is 16.7 Å². The van der Waals surface area contributed by atoms with Crippen LogP contribution in [-0.4, -0.2) is 17.5 Å². The number of halogens is 1. The molecule has 0 spiro atoms. The quantitative estimate of drug-likeness (QED) is 0.513. The highest BCUT2D eigenvalue weighted by Gasteiger charge is 2.50. The number of piperidine rings is 1. The Morgan fingerprint density at radius 2 is 2.54 bits per heavy atom. The molecule has 2 heterocycles. The van der Waals surface area contributed by atoms with E-state index >= 15 is 0 Å². The standard InChI is InChI=1S/C10H13ClN2/c1-2-9-4-3-8(13-7-9)10(11,5-9)6-12/h3-4,8,13H,2,5,7H2,1H3. The van der Waals surface area contributed by atoms with E-state index in [1.165, 1.54) is 0 Å². The van der Waals surface area contributed by atoms with E-state index in [-0.39, 0.29) is 11.5 Å². The fourth-order valence-electron chi connectivity index (χ4n) is 2.28. The van der Waals surface area contributed by atoms with E-state index in [1.807, 2.05) is 6.08 Å². The zero-order chi connectivity index (χ0) is 9.53.